The molecule has 0 aliphatic carbocycles. The first-order valence-corrected chi connectivity index (χ1v) is 9.14. The summed E-state index contributed by atoms with van der Waals surface area (Å²) in [5.41, 5.74) is 2.92. The van der Waals surface area contributed by atoms with E-state index < -0.39 is 0 Å². The molecule has 2 aromatic heterocycles. The first-order chi connectivity index (χ1) is 13.1. The number of unbranched alkanes of at least 4 members (excludes halogenated alkanes) is 1. The van der Waals surface area contributed by atoms with Crippen molar-refractivity contribution in [2.24, 2.45) is 0 Å². The molecule has 0 radical (unpaired) electrons. The minimum atomic E-state index is -0.264. The van der Waals surface area contributed by atoms with Crippen LogP contribution in [0.4, 0.5) is 5.69 Å². The van der Waals surface area contributed by atoms with Gasteiger partial charge in [-0.25, -0.2) is 9.67 Å². The standard InChI is InChI=1S/C19H21ClN6O/c1-3-4-11-25-19(20)15(14(2)24-25)9-10-18(27)23-16-7-5-6-8-17(16)26-13-21-12-22-26/h5-10,12-13H,3-4,11H2,1-2H3,(H,23,27)/b10-9+. The van der Waals surface area contributed by atoms with Crippen molar-refractivity contribution < 1.29 is 4.79 Å². The van der Waals surface area contributed by atoms with E-state index in [2.05, 4.69) is 27.4 Å². The van der Waals surface area contributed by atoms with Crippen LogP contribution in [0.15, 0.2) is 43.0 Å². The summed E-state index contributed by atoms with van der Waals surface area (Å²) in [7, 11) is 0. The molecule has 0 spiro atoms. The number of nitrogens with one attached hydrogen (secondary N) is 1. The number of benzene rings is 1. The van der Waals surface area contributed by atoms with Crippen molar-refractivity contribution >= 4 is 29.3 Å². The predicted octanol–water partition coefficient (Wildman–Crippen LogP) is 3.88. The smallest absolute Gasteiger partial charge is 0.248 e. The average Bonchev–Trinajstić information content (AvgIpc) is 3.28. The van der Waals surface area contributed by atoms with Crippen molar-refractivity contribution in [1.29, 1.82) is 0 Å². The Labute approximate surface area is 162 Å². The normalized spacial score (nSPS) is 11.2. The Balaban J connectivity index is 1.75. The molecule has 8 heteroatoms. The van der Waals surface area contributed by atoms with Crippen molar-refractivity contribution in [2.75, 3.05) is 5.32 Å². The molecule has 0 saturated heterocycles. The van der Waals surface area contributed by atoms with Crippen molar-refractivity contribution in [3.8, 4) is 5.69 Å². The molecule has 7 nitrogen and oxygen atoms in total. The second kappa shape index (κ2) is 8.64. The van der Waals surface area contributed by atoms with Gasteiger partial charge in [-0.1, -0.05) is 37.1 Å². The second-order valence-electron chi connectivity index (χ2n) is 6.05. The van der Waals surface area contributed by atoms with Crippen LogP contribution < -0.4 is 5.32 Å². The van der Waals surface area contributed by atoms with E-state index in [0.29, 0.717) is 10.8 Å². The van der Waals surface area contributed by atoms with Gasteiger partial charge in [-0.3, -0.25) is 9.48 Å². The number of aryl methyl sites for hydroxylation is 2. The lowest BCUT2D eigenvalue weighted by molar-refractivity contribution is -0.111. The fourth-order valence-corrected chi connectivity index (χ4v) is 2.98. The number of amides is 1. The molecule has 2 heterocycles. The number of carbonyl (C=O) groups is 1. The molecule has 0 unspecified atom stereocenters. The van der Waals surface area contributed by atoms with Crippen LogP contribution in [0.5, 0.6) is 0 Å². The second-order valence-corrected chi connectivity index (χ2v) is 6.40. The average molecular weight is 385 g/mol. The summed E-state index contributed by atoms with van der Waals surface area (Å²) in [6.07, 6.45) is 8.24. The van der Waals surface area contributed by atoms with Crippen LogP contribution in [-0.4, -0.2) is 30.5 Å². The van der Waals surface area contributed by atoms with E-state index in [1.165, 1.54) is 12.4 Å². The topological polar surface area (TPSA) is 77.6 Å². The van der Waals surface area contributed by atoms with Crippen LogP contribution in [0, 0.1) is 6.92 Å². The number of hydrogen-bond donors (Lipinski definition) is 1. The maximum Gasteiger partial charge on any atom is 0.248 e. The summed E-state index contributed by atoms with van der Waals surface area (Å²) in [6.45, 7) is 4.76. The first-order valence-electron chi connectivity index (χ1n) is 8.76. The first kappa shape index (κ1) is 18.8. The summed E-state index contributed by atoms with van der Waals surface area (Å²) in [4.78, 5) is 16.3. The van der Waals surface area contributed by atoms with Crippen LogP contribution in [-0.2, 0) is 11.3 Å². The minimum absolute atomic E-state index is 0.264. The zero-order valence-electron chi connectivity index (χ0n) is 15.3. The molecule has 140 valence electrons. The fraction of sp³-hybridized carbons (Fsp3) is 0.263. The van der Waals surface area contributed by atoms with Gasteiger partial charge in [0.15, 0.2) is 0 Å². The summed E-state index contributed by atoms with van der Waals surface area (Å²) in [5, 5.41) is 12.0. The van der Waals surface area contributed by atoms with E-state index in [9.17, 15) is 4.79 Å². The van der Waals surface area contributed by atoms with Gasteiger partial charge < -0.3 is 5.32 Å². The van der Waals surface area contributed by atoms with Crippen molar-refractivity contribution in [3.63, 3.8) is 0 Å². The largest absolute Gasteiger partial charge is 0.321 e. The number of rotatable bonds is 7. The van der Waals surface area contributed by atoms with Gasteiger partial charge in [0.2, 0.25) is 5.91 Å². The zero-order chi connectivity index (χ0) is 19.2. The van der Waals surface area contributed by atoms with Gasteiger partial charge in [0.25, 0.3) is 0 Å². The molecule has 1 aromatic carbocycles. The van der Waals surface area contributed by atoms with Crippen molar-refractivity contribution in [2.45, 2.75) is 33.2 Å². The number of halogens is 1. The third-order valence-electron chi connectivity index (χ3n) is 4.06. The molecule has 3 rings (SSSR count). The van der Waals surface area contributed by atoms with Gasteiger partial charge in [0.05, 0.1) is 17.1 Å². The molecule has 0 bridgehead atoms. The van der Waals surface area contributed by atoms with Crippen LogP contribution in [0.2, 0.25) is 5.15 Å². The molecule has 1 amide bonds. The van der Waals surface area contributed by atoms with Gasteiger partial charge >= 0.3 is 0 Å². The van der Waals surface area contributed by atoms with Gasteiger partial charge in [-0.2, -0.15) is 10.2 Å². The molecule has 1 N–H and O–H groups in total. The Morgan fingerprint density at radius 1 is 1.33 bits per heavy atom. The lowest BCUT2D eigenvalue weighted by Crippen LogP contribution is -2.10. The predicted molar refractivity (Wildman–Crippen MR) is 106 cm³/mol. The van der Waals surface area contributed by atoms with E-state index in [1.54, 1.807) is 21.8 Å². The van der Waals surface area contributed by atoms with Crippen LogP contribution in [0.1, 0.15) is 31.0 Å². The number of carbonyl (C=O) groups excluding carboxylic acids is 1. The van der Waals surface area contributed by atoms with E-state index in [-0.39, 0.29) is 5.91 Å². The highest BCUT2D eigenvalue weighted by molar-refractivity contribution is 6.31. The highest BCUT2D eigenvalue weighted by Crippen LogP contribution is 2.22. The summed E-state index contributed by atoms with van der Waals surface area (Å²) >= 11 is 6.40. The molecule has 27 heavy (non-hydrogen) atoms. The minimum Gasteiger partial charge on any atom is -0.321 e. The molecule has 0 saturated carbocycles. The zero-order valence-corrected chi connectivity index (χ0v) is 16.0. The van der Waals surface area contributed by atoms with E-state index >= 15 is 0 Å². The third-order valence-corrected chi connectivity index (χ3v) is 4.46. The molecular weight excluding hydrogens is 364 g/mol. The Kier molecular flexibility index (Phi) is 6.03. The van der Waals surface area contributed by atoms with E-state index in [1.807, 2.05) is 31.2 Å². The Hall–Kier alpha value is -2.93. The summed E-state index contributed by atoms with van der Waals surface area (Å²) in [6, 6.07) is 7.38. The van der Waals surface area contributed by atoms with Gasteiger partial charge in [-0.15, -0.1) is 0 Å². The molecule has 0 aliphatic heterocycles. The van der Waals surface area contributed by atoms with Crippen LogP contribution >= 0.6 is 11.6 Å². The van der Waals surface area contributed by atoms with Crippen LogP contribution in [0.25, 0.3) is 11.8 Å². The van der Waals surface area contributed by atoms with Gasteiger partial charge in [0.1, 0.15) is 17.8 Å². The maximum atomic E-state index is 12.4. The monoisotopic (exact) mass is 384 g/mol. The number of aromatic nitrogens is 5. The highest BCUT2D eigenvalue weighted by Gasteiger charge is 2.11. The number of para-hydroxylation sites is 2. The van der Waals surface area contributed by atoms with Crippen molar-refractivity contribution in [3.05, 3.63) is 59.4 Å². The highest BCUT2D eigenvalue weighted by atomic mass is 35.5. The SMILES string of the molecule is CCCCn1nc(C)c(/C=C/C(=O)Nc2ccccc2-n2cncn2)c1Cl. The fourth-order valence-electron chi connectivity index (χ4n) is 2.66. The number of anilines is 1. The summed E-state index contributed by atoms with van der Waals surface area (Å²) < 4.78 is 3.37. The molecule has 0 atom stereocenters. The molecule has 0 aliphatic rings. The molecule has 3 aromatic rings. The summed E-state index contributed by atoms with van der Waals surface area (Å²) in [5.74, 6) is -0.264. The Bertz CT molecular complexity index is 945. The Morgan fingerprint density at radius 3 is 2.89 bits per heavy atom. The van der Waals surface area contributed by atoms with Gasteiger partial charge in [0, 0.05) is 18.2 Å². The number of nitrogens with zero attached hydrogens (tertiary/aromatic N) is 5. The quantitative estimate of drug-likeness (QED) is 0.627. The van der Waals surface area contributed by atoms with Gasteiger partial charge in [-0.05, 0) is 31.6 Å². The van der Waals surface area contributed by atoms with Crippen LogP contribution in [0.3, 0.4) is 0 Å². The van der Waals surface area contributed by atoms with E-state index in [4.69, 9.17) is 11.6 Å². The van der Waals surface area contributed by atoms with E-state index in [0.717, 1.165) is 36.3 Å². The number of hydrogen-bond acceptors (Lipinski definition) is 4. The molecule has 0 fully saturated rings. The lowest BCUT2D eigenvalue weighted by Gasteiger charge is -2.08. The third kappa shape index (κ3) is 4.43. The lowest BCUT2D eigenvalue weighted by atomic mass is 10.2. The molecular formula is C19H21ClN6O. The van der Waals surface area contributed by atoms with Crippen molar-refractivity contribution in [1.82, 2.24) is 24.5 Å². The maximum absolute atomic E-state index is 12.4. The Morgan fingerprint density at radius 2 is 2.15 bits per heavy atom.